The Morgan fingerprint density at radius 3 is 2.62 bits per heavy atom. The molecule has 5 atom stereocenters. The SMILES string of the molecule is C=CCCCOC(=O)[C@@H]1[C@H]2C(=O)N(CCCCCO)C(C(=O)N(CC=C)c3ccc(OC)cc3)C23CC[C@H]1S3. The highest BCUT2D eigenvalue weighted by Crippen LogP contribution is 2.66. The number of unbranched alkanes of at least 4 members (excludes halogenated alkanes) is 3. The van der Waals surface area contributed by atoms with Crippen LogP contribution in [0.2, 0.25) is 0 Å². The molecule has 1 aromatic carbocycles. The lowest BCUT2D eigenvalue weighted by Gasteiger charge is -2.37. The maximum atomic E-state index is 14.5. The number of carbonyl (C=O) groups is 3. The van der Waals surface area contributed by atoms with Crippen molar-refractivity contribution in [2.75, 3.05) is 38.3 Å². The van der Waals surface area contributed by atoms with E-state index in [1.54, 1.807) is 53.0 Å². The van der Waals surface area contributed by atoms with Crippen molar-refractivity contribution in [2.24, 2.45) is 11.8 Å². The van der Waals surface area contributed by atoms with Gasteiger partial charge in [-0.15, -0.1) is 24.9 Å². The van der Waals surface area contributed by atoms with Gasteiger partial charge in [0.15, 0.2) is 0 Å². The van der Waals surface area contributed by atoms with E-state index in [0.29, 0.717) is 50.3 Å². The van der Waals surface area contributed by atoms with Crippen LogP contribution in [0.15, 0.2) is 49.6 Å². The molecule has 0 radical (unpaired) electrons. The Labute approximate surface area is 235 Å². The number of likely N-dealkylation sites (tertiary alicyclic amines) is 1. The van der Waals surface area contributed by atoms with Gasteiger partial charge in [-0.3, -0.25) is 14.4 Å². The summed E-state index contributed by atoms with van der Waals surface area (Å²) in [5.41, 5.74) is 0.698. The number of ether oxygens (including phenoxy) is 2. The summed E-state index contributed by atoms with van der Waals surface area (Å²) in [6, 6.07) is 6.59. The van der Waals surface area contributed by atoms with Crippen LogP contribution in [0.1, 0.15) is 44.9 Å². The molecule has 1 N–H and O–H groups in total. The lowest BCUT2D eigenvalue weighted by atomic mass is 9.71. The number of methoxy groups -OCH3 is 1. The number of benzene rings is 1. The molecule has 3 heterocycles. The summed E-state index contributed by atoms with van der Waals surface area (Å²) in [6.45, 7) is 8.66. The molecule has 212 valence electrons. The number of anilines is 1. The van der Waals surface area contributed by atoms with Crippen LogP contribution in [0.4, 0.5) is 5.69 Å². The lowest BCUT2D eigenvalue weighted by Crippen LogP contribution is -2.55. The fourth-order valence-corrected chi connectivity index (χ4v) is 8.57. The van der Waals surface area contributed by atoms with Gasteiger partial charge in [0.25, 0.3) is 5.91 Å². The first-order valence-corrected chi connectivity index (χ1v) is 14.7. The molecular weight excluding hydrogens is 516 g/mol. The zero-order valence-electron chi connectivity index (χ0n) is 22.8. The predicted molar refractivity (Wildman–Crippen MR) is 153 cm³/mol. The average molecular weight is 557 g/mol. The van der Waals surface area contributed by atoms with Crippen molar-refractivity contribution in [3.8, 4) is 5.75 Å². The Hall–Kier alpha value is -2.78. The van der Waals surface area contributed by atoms with Crippen molar-refractivity contribution in [3.63, 3.8) is 0 Å². The van der Waals surface area contributed by atoms with E-state index in [4.69, 9.17) is 9.47 Å². The molecule has 3 saturated heterocycles. The van der Waals surface area contributed by atoms with E-state index in [-0.39, 0.29) is 36.2 Å². The third-order valence-electron chi connectivity index (χ3n) is 8.12. The standard InChI is InChI=1S/C30H40N2O6S/c1-4-6-10-20-38-29(36)24-23-15-16-30(39-23)25(24)27(34)32(18-8-7-9-19-33)26(30)28(35)31(17-5-2)21-11-13-22(37-3)14-12-21/h4-5,11-14,23-26,33H,1-2,6-10,15-20H2,3H3/t23-,24+,25+,26?,30?/m1/s1. The highest BCUT2D eigenvalue weighted by atomic mass is 32.2. The van der Waals surface area contributed by atoms with E-state index in [0.717, 1.165) is 19.3 Å². The van der Waals surface area contributed by atoms with Gasteiger partial charge in [-0.25, -0.2) is 0 Å². The Morgan fingerprint density at radius 2 is 1.95 bits per heavy atom. The molecule has 9 heteroatoms. The summed E-state index contributed by atoms with van der Waals surface area (Å²) < 4.78 is 10.3. The van der Waals surface area contributed by atoms with Gasteiger partial charge in [-0.05, 0) is 69.2 Å². The number of aliphatic hydroxyl groups is 1. The zero-order valence-corrected chi connectivity index (χ0v) is 23.6. The number of hydrogen-bond acceptors (Lipinski definition) is 7. The molecule has 3 aliphatic heterocycles. The van der Waals surface area contributed by atoms with Crippen LogP contribution < -0.4 is 9.64 Å². The summed E-state index contributed by atoms with van der Waals surface area (Å²) in [6.07, 6.45) is 8.46. The summed E-state index contributed by atoms with van der Waals surface area (Å²) in [5.74, 6) is -1.07. The van der Waals surface area contributed by atoms with Crippen LogP contribution in [0.25, 0.3) is 0 Å². The largest absolute Gasteiger partial charge is 0.497 e. The topological polar surface area (TPSA) is 96.4 Å². The molecule has 0 aromatic heterocycles. The number of carbonyl (C=O) groups excluding carboxylic acids is 3. The quantitative estimate of drug-likeness (QED) is 0.198. The second-order valence-corrected chi connectivity index (χ2v) is 12.0. The molecule has 0 aliphatic carbocycles. The van der Waals surface area contributed by atoms with Gasteiger partial charge >= 0.3 is 5.97 Å². The third kappa shape index (κ3) is 5.61. The fourth-order valence-electron chi connectivity index (χ4n) is 6.37. The first-order chi connectivity index (χ1) is 18.9. The number of fused-ring (bicyclic) bond motifs is 1. The van der Waals surface area contributed by atoms with Crippen LogP contribution in [-0.4, -0.2) is 77.2 Å². The Balaban J connectivity index is 1.66. The fraction of sp³-hybridized carbons (Fsp3) is 0.567. The number of amides is 2. The molecule has 2 unspecified atom stereocenters. The van der Waals surface area contributed by atoms with Crippen molar-refractivity contribution >= 4 is 35.2 Å². The Bertz CT molecular complexity index is 1060. The summed E-state index contributed by atoms with van der Waals surface area (Å²) in [4.78, 5) is 45.2. The number of hydrogen-bond donors (Lipinski definition) is 1. The van der Waals surface area contributed by atoms with E-state index in [9.17, 15) is 19.5 Å². The van der Waals surface area contributed by atoms with E-state index in [2.05, 4.69) is 13.2 Å². The van der Waals surface area contributed by atoms with Crippen LogP contribution in [0, 0.1) is 11.8 Å². The van der Waals surface area contributed by atoms with Gasteiger partial charge in [-0.2, -0.15) is 0 Å². The summed E-state index contributed by atoms with van der Waals surface area (Å²) in [7, 11) is 1.59. The normalized spacial score (nSPS) is 26.8. The number of esters is 1. The molecule has 0 saturated carbocycles. The number of allylic oxidation sites excluding steroid dienone is 1. The monoisotopic (exact) mass is 556 g/mol. The Morgan fingerprint density at radius 1 is 1.18 bits per heavy atom. The molecule has 2 amide bonds. The van der Waals surface area contributed by atoms with E-state index < -0.39 is 22.6 Å². The van der Waals surface area contributed by atoms with Gasteiger partial charge < -0.3 is 24.4 Å². The van der Waals surface area contributed by atoms with Crippen LogP contribution in [-0.2, 0) is 19.1 Å². The minimum atomic E-state index is -0.695. The number of nitrogens with zero attached hydrogens (tertiary/aromatic N) is 2. The van der Waals surface area contributed by atoms with Crippen molar-refractivity contribution in [1.29, 1.82) is 0 Å². The van der Waals surface area contributed by atoms with Gasteiger partial charge in [-0.1, -0.05) is 12.2 Å². The second kappa shape index (κ2) is 13.0. The van der Waals surface area contributed by atoms with E-state index >= 15 is 0 Å². The molecular formula is C30H40N2O6S. The Kier molecular flexibility index (Phi) is 9.77. The van der Waals surface area contributed by atoms with Crippen molar-refractivity contribution in [1.82, 2.24) is 4.90 Å². The number of aliphatic hydroxyl groups excluding tert-OH is 1. The summed E-state index contributed by atoms with van der Waals surface area (Å²) >= 11 is 1.64. The van der Waals surface area contributed by atoms with Crippen LogP contribution in [0.5, 0.6) is 5.75 Å². The van der Waals surface area contributed by atoms with Gasteiger partial charge in [0.1, 0.15) is 11.8 Å². The van der Waals surface area contributed by atoms with E-state index in [1.807, 2.05) is 12.1 Å². The average Bonchev–Trinajstić information content (AvgIpc) is 3.59. The highest BCUT2D eigenvalue weighted by molar-refractivity contribution is 8.02. The maximum absolute atomic E-state index is 14.5. The molecule has 3 fully saturated rings. The van der Waals surface area contributed by atoms with Crippen molar-refractivity contribution < 1.29 is 29.0 Å². The third-order valence-corrected chi connectivity index (χ3v) is 10.1. The number of rotatable bonds is 15. The van der Waals surface area contributed by atoms with Gasteiger partial charge in [0.05, 0.1) is 30.3 Å². The molecule has 8 nitrogen and oxygen atoms in total. The molecule has 1 aromatic rings. The predicted octanol–water partition coefficient (Wildman–Crippen LogP) is 3.98. The minimum absolute atomic E-state index is 0.0356. The smallest absolute Gasteiger partial charge is 0.310 e. The molecule has 3 aliphatic rings. The van der Waals surface area contributed by atoms with Crippen LogP contribution in [0.3, 0.4) is 0 Å². The molecule has 4 rings (SSSR count). The second-order valence-electron chi connectivity index (χ2n) is 10.4. The zero-order chi connectivity index (χ0) is 28.0. The minimum Gasteiger partial charge on any atom is -0.497 e. The maximum Gasteiger partial charge on any atom is 0.310 e. The molecule has 1 spiro atoms. The van der Waals surface area contributed by atoms with Crippen molar-refractivity contribution in [3.05, 3.63) is 49.6 Å². The van der Waals surface area contributed by atoms with Gasteiger partial charge in [0, 0.05) is 30.6 Å². The highest BCUT2D eigenvalue weighted by Gasteiger charge is 2.74. The lowest BCUT2D eigenvalue weighted by molar-refractivity contribution is -0.154. The van der Waals surface area contributed by atoms with E-state index in [1.165, 1.54) is 0 Å². The molecule has 2 bridgehead atoms. The van der Waals surface area contributed by atoms with Gasteiger partial charge in [0.2, 0.25) is 5.91 Å². The van der Waals surface area contributed by atoms with Crippen molar-refractivity contribution in [2.45, 2.75) is 61.0 Å². The first-order valence-electron chi connectivity index (χ1n) is 13.9. The number of thioether (sulfide) groups is 1. The first kappa shape index (κ1) is 29.2. The summed E-state index contributed by atoms with van der Waals surface area (Å²) in [5, 5.41) is 9.21. The van der Waals surface area contributed by atoms with Crippen LogP contribution >= 0.6 is 11.8 Å². The molecule has 39 heavy (non-hydrogen) atoms.